The van der Waals surface area contributed by atoms with Gasteiger partial charge in [0.15, 0.2) is 0 Å². The molecule has 0 aromatic carbocycles. The quantitative estimate of drug-likeness (QED) is 0.840. The number of aliphatic hydroxyl groups is 1. The topological polar surface area (TPSA) is 62.6 Å². The summed E-state index contributed by atoms with van der Waals surface area (Å²) in [7, 11) is 2.01. The van der Waals surface area contributed by atoms with E-state index in [0.29, 0.717) is 6.54 Å². The van der Waals surface area contributed by atoms with Crippen LogP contribution in [0.1, 0.15) is 44.4 Å². The summed E-state index contributed by atoms with van der Waals surface area (Å²) in [5.41, 5.74) is 5.52. The Kier molecular flexibility index (Phi) is 4.10. The number of furan rings is 1. The van der Waals surface area contributed by atoms with Gasteiger partial charge in [0.25, 0.3) is 0 Å². The molecular formula is C14H24N2O2. The van der Waals surface area contributed by atoms with Crippen molar-refractivity contribution in [1.82, 2.24) is 4.90 Å². The number of hydrogen-bond donors (Lipinski definition) is 2. The zero-order valence-electron chi connectivity index (χ0n) is 11.3. The molecule has 1 aromatic heterocycles. The summed E-state index contributed by atoms with van der Waals surface area (Å²) >= 11 is 0. The van der Waals surface area contributed by atoms with Gasteiger partial charge in [0.05, 0.1) is 17.9 Å². The van der Waals surface area contributed by atoms with Gasteiger partial charge in [-0.25, -0.2) is 0 Å². The van der Waals surface area contributed by atoms with Gasteiger partial charge in [-0.2, -0.15) is 0 Å². The van der Waals surface area contributed by atoms with Crippen molar-refractivity contribution >= 4 is 0 Å². The van der Waals surface area contributed by atoms with Crippen LogP contribution in [-0.4, -0.2) is 35.2 Å². The summed E-state index contributed by atoms with van der Waals surface area (Å²) in [6.45, 7) is 2.63. The van der Waals surface area contributed by atoms with E-state index in [4.69, 9.17) is 10.2 Å². The average Bonchev–Trinajstić information content (AvgIpc) is 2.89. The molecule has 2 unspecified atom stereocenters. The second kappa shape index (κ2) is 5.43. The fourth-order valence-corrected chi connectivity index (χ4v) is 3.09. The number of nitrogens with two attached hydrogens (primary N) is 1. The molecule has 0 radical (unpaired) electrons. The van der Waals surface area contributed by atoms with Gasteiger partial charge in [-0.15, -0.1) is 0 Å². The van der Waals surface area contributed by atoms with Gasteiger partial charge in [0, 0.05) is 12.6 Å². The summed E-state index contributed by atoms with van der Waals surface area (Å²) in [6.07, 6.45) is 5.69. The lowest BCUT2D eigenvalue weighted by molar-refractivity contribution is -0.000162. The first kappa shape index (κ1) is 13.6. The molecular weight excluding hydrogens is 228 g/mol. The fourth-order valence-electron chi connectivity index (χ4n) is 3.09. The van der Waals surface area contributed by atoms with E-state index in [0.717, 1.165) is 31.4 Å². The third-order valence-corrected chi connectivity index (χ3v) is 3.89. The lowest BCUT2D eigenvalue weighted by Crippen LogP contribution is -2.45. The predicted molar refractivity (Wildman–Crippen MR) is 71.1 cm³/mol. The number of nitrogens with zero attached hydrogens (tertiary/aromatic N) is 1. The summed E-state index contributed by atoms with van der Waals surface area (Å²) in [5.74, 6) is 0.870. The number of likely N-dealkylation sites (N-methyl/N-ethyl adjacent to an activating group) is 1. The van der Waals surface area contributed by atoms with E-state index in [1.54, 1.807) is 6.26 Å². The molecule has 0 saturated heterocycles. The van der Waals surface area contributed by atoms with Crippen molar-refractivity contribution in [2.75, 3.05) is 13.6 Å². The van der Waals surface area contributed by atoms with Crippen LogP contribution in [0.5, 0.6) is 0 Å². The van der Waals surface area contributed by atoms with E-state index in [1.165, 1.54) is 0 Å². The normalized spacial score (nSPS) is 22.3. The Morgan fingerprint density at radius 3 is 2.67 bits per heavy atom. The average molecular weight is 252 g/mol. The van der Waals surface area contributed by atoms with E-state index < -0.39 is 5.60 Å². The van der Waals surface area contributed by atoms with Crippen LogP contribution in [0.3, 0.4) is 0 Å². The molecule has 2 atom stereocenters. The Balaban J connectivity index is 2.07. The van der Waals surface area contributed by atoms with Crippen molar-refractivity contribution in [2.45, 2.75) is 50.3 Å². The molecule has 1 heterocycles. The predicted octanol–water partition coefficient (Wildman–Crippen LogP) is 1.90. The highest BCUT2D eigenvalue weighted by Gasteiger charge is 2.35. The molecule has 1 fully saturated rings. The molecule has 18 heavy (non-hydrogen) atoms. The number of rotatable bonds is 5. The van der Waals surface area contributed by atoms with Crippen LogP contribution >= 0.6 is 0 Å². The van der Waals surface area contributed by atoms with Crippen molar-refractivity contribution in [2.24, 2.45) is 5.73 Å². The maximum atomic E-state index is 10.5. The molecule has 1 saturated carbocycles. The van der Waals surface area contributed by atoms with Crippen LogP contribution in [0.25, 0.3) is 0 Å². The Bertz CT molecular complexity index is 356. The fraction of sp³-hybridized carbons (Fsp3) is 0.714. The standard InChI is InChI=1S/C14H24N2O2/c1-11(15)13(12-6-5-9-18-12)16(2)10-14(17)7-3-4-8-14/h5-6,9,11,13,17H,3-4,7-8,10,15H2,1-2H3. The summed E-state index contributed by atoms with van der Waals surface area (Å²) in [5, 5.41) is 10.5. The zero-order valence-corrected chi connectivity index (χ0v) is 11.3. The van der Waals surface area contributed by atoms with Crippen molar-refractivity contribution in [1.29, 1.82) is 0 Å². The van der Waals surface area contributed by atoms with E-state index >= 15 is 0 Å². The molecule has 1 aliphatic rings. The van der Waals surface area contributed by atoms with Crippen LogP contribution in [0.2, 0.25) is 0 Å². The Hall–Kier alpha value is -0.840. The van der Waals surface area contributed by atoms with E-state index in [1.807, 2.05) is 26.1 Å². The molecule has 0 aliphatic heterocycles. The Morgan fingerprint density at radius 1 is 1.50 bits per heavy atom. The lowest BCUT2D eigenvalue weighted by atomic mass is 9.99. The SMILES string of the molecule is CC(N)C(c1ccco1)N(C)CC1(O)CCCC1. The highest BCUT2D eigenvalue weighted by atomic mass is 16.3. The van der Waals surface area contributed by atoms with Gasteiger partial charge in [-0.05, 0) is 38.9 Å². The molecule has 0 amide bonds. The van der Waals surface area contributed by atoms with Crippen LogP contribution < -0.4 is 5.73 Å². The second-order valence-corrected chi connectivity index (χ2v) is 5.67. The molecule has 0 spiro atoms. The van der Waals surface area contributed by atoms with Crippen molar-refractivity contribution in [3.8, 4) is 0 Å². The summed E-state index contributed by atoms with van der Waals surface area (Å²) in [4.78, 5) is 2.12. The Morgan fingerprint density at radius 2 is 2.17 bits per heavy atom. The zero-order chi connectivity index (χ0) is 13.2. The van der Waals surface area contributed by atoms with Crippen LogP contribution in [-0.2, 0) is 0 Å². The highest BCUT2D eigenvalue weighted by Crippen LogP contribution is 2.32. The minimum absolute atomic E-state index is 0.0182. The Labute approximate surface area is 109 Å². The van der Waals surface area contributed by atoms with E-state index in [-0.39, 0.29) is 12.1 Å². The van der Waals surface area contributed by atoms with E-state index in [9.17, 15) is 5.11 Å². The van der Waals surface area contributed by atoms with E-state index in [2.05, 4.69) is 4.90 Å². The van der Waals surface area contributed by atoms with Crippen LogP contribution in [0, 0.1) is 0 Å². The van der Waals surface area contributed by atoms with Crippen molar-refractivity contribution in [3.63, 3.8) is 0 Å². The van der Waals surface area contributed by atoms with Gasteiger partial charge in [0.2, 0.25) is 0 Å². The minimum Gasteiger partial charge on any atom is -0.468 e. The molecule has 1 aliphatic carbocycles. The van der Waals surface area contributed by atoms with Gasteiger partial charge in [-0.1, -0.05) is 12.8 Å². The summed E-state index contributed by atoms with van der Waals surface area (Å²) < 4.78 is 5.47. The molecule has 4 heteroatoms. The second-order valence-electron chi connectivity index (χ2n) is 5.67. The van der Waals surface area contributed by atoms with Gasteiger partial charge >= 0.3 is 0 Å². The first-order valence-electron chi connectivity index (χ1n) is 6.73. The first-order chi connectivity index (χ1) is 8.52. The van der Waals surface area contributed by atoms with Gasteiger partial charge < -0.3 is 15.3 Å². The molecule has 0 bridgehead atoms. The molecule has 4 nitrogen and oxygen atoms in total. The highest BCUT2D eigenvalue weighted by molar-refractivity contribution is 5.07. The summed E-state index contributed by atoms with van der Waals surface area (Å²) in [6, 6.07) is 3.81. The number of hydrogen-bond acceptors (Lipinski definition) is 4. The molecule has 102 valence electrons. The maximum Gasteiger partial charge on any atom is 0.122 e. The molecule has 1 aromatic rings. The van der Waals surface area contributed by atoms with Crippen molar-refractivity contribution < 1.29 is 9.52 Å². The maximum absolute atomic E-state index is 10.5. The van der Waals surface area contributed by atoms with Gasteiger partial charge in [-0.3, -0.25) is 4.90 Å². The molecule has 3 N–H and O–H groups in total. The monoisotopic (exact) mass is 252 g/mol. The lowest BCUT2D eigenvalue weighted by Gasteiger charge is -2.35. The third-order valence-electron chi connectivity index (χ3n) is 3.89. The first-order valence-corrected chi connectivity index (χ1v) is 6.73. The minimum atomic E-state index is -0.547. The van der Waals surface area contributed by atoms with Gasteiger partial charge in [0.1, 0.15) is 5.76 Å². The smallest absolute Gasteiger partial charge is 0.122 e. The molecule has 2 rings (SSSR count). The van der Waals surface area contributed by atoms with Crippen LogP contribution in [0.15, 0.2) is 22.8 Å². The third kappa shape index (κ3) is 2.94. The van der Waals surface area contributed by atoms with Crippen LogP contribution in [0.4, 0.5) is 0 Å². The largest absolute Gasteiger partial charge is 0.468 e. The van der Waals surface area contributed by atoms with Crippen molar-refractivity contribution in [3.05, 3.63) is 24.2 Å².